The number of nitro benzene ring substituents is 1. The predicted octanol–water partition coefficient (Wildman–Crippen LogP) is 2.98. The minimum absolute atomic E-state index is 0.106. The average Bonchev–Trinajstić information content (AvgIpc) is 3.10. The third-order valence-electron chi connectivity index (χ3n) is 3.90. The van der Waals surface area contributed by atoms with Crippen LogP contribution in [0.15, 0.2) is 30.5 Å². The Balaban J connectivity index is 1.86. The van der Waals surface area contributed by atoms with E-state index in [2.05, 4.69) is 10.1 Å². The van der Waals surface area contributed by atoms with Crippen molar-refractivity contribution in [3.63, 3.8) is 0 Å². The summed E-state index contributed by atoms with van der Waals surface area (Å²) in [6.45, 7) is 1.96. The van der Waals surface area contributed by atoms with Gasteiger partial charge in [-0.25, -0.2) is 0 Å². The van der Waals surface area contributed by atoms with Crippen molar-refractivity contribution in [1.82, 2.24) is 10.1 Å². The molecule has 0 saturated heterocycles. The molecule has 0 saturated carbocycles. The van der Waals surface area contributed by atoms with Gasteiger partial charge in [-0.05, 0) is 47.7 Å². The highest BCUT2D eigenvalue weighted by molar-refractivity contribution is 7.16. The lowest BCUT2D eigenvalue weighted by molar-refractivity contribution is -0.581. The molecule has 23 heavy (non-hydrogen) atoms. The van der Waals surface area contributed by atoms with Crippen molar-refractivity contribution in [2.75, 3.05) is 0 Å². The average molecular weight is 325 g/mol. The lowest BCUT2D eigenvalue weighted by atomic mass is 10.1. The van der Waals surface area contributed by atoms with Gasteiger partial charge >= 0.3 is 4.96 Å². The molecule has 0 amide bonds. The Labute approximate surface area is 135 Å². The lowest BCUT2D eigenvalue weighted by Gasteiger charge is -1.99. The van der Waals surface area contributed by atoms with E-state index in [1.165, 1.54) is 11.6 Å². The van der Waals surface area contributed by atoms with E-state index >= 15 is 0 Å². The molecule has 0 aliphatic heterocycles. The largest absolute Gasteiger partial charge is 0.410 e. The fourth-order valence-corrected chi connectivity index (χ4v) is 3.63. The molecule has 1 aromatic carbocycles. The molecule has 2 aromatic heterocycles. The van der Waals surface area contributed by atoms with Gasteiger partial charge in [0, 0.05) is 23.3 Å². The number of benzene rings is 1. The first-order valence-corrected chi connectivity index (χ1v) is 8.06. The Hall–Kier alpha value is -2.67. The fraction of sp³-hybridized carbons (Fsp3) is 0.188. The van der Waals surface area contributed by atoms with Crippen LogP contribution in [-0.2, 0) is 6.42 Å². The number of allylic oxidation sites excluding steroid dienone is 1. The van der Waals surface area contributed by atoms with Crippen LogP contribution in [0.3, 0.4) is 0 Å². The van der Waals surface area contributed by atoms with Crippen molar-refractivity contribution in [2.45, 2.75) is 19.8 Å². The monoisotopic (exact) mass is 325 g/mol. The number of nitrogens with zero attached hydrogens (tertiary/aromatic N) is 4. The third-order valence-corrected chi connectivity index (χ3v) is 4.74. The van der Waals surface area contributed by atoms with E-state index in [1.807, 2.05) is 29.8 Å². The minimum atomic E-state index is -0.370. The zero-order valence-electron chi connectivity index (χ0n) is 12.4. The van der Waals surface area contributed by atoms with Crippen molar-refractivity contribution in [2.24, 2.45) is 0 Å². The van der Waals surface area contributed by atoms with E-state index in [1.54, 1.807) is 23.5 Å². The van der Waals surface area contributed by atoms with E-state index in [9.17, 15) is 10.1 Å². The Kier molecular flexibility index (Phi) is 3.16. The maximum atomic E-state index is 10.9. The van der Waals surface area contributed by atoms with Gasteiger partial charge in [0.05, 0.1) is 4.92 Å². The molecule has 4 rings (SSSR count). The molecule has 0 fully saturated rings. The first-order valence-electron chi connectivity index (χ1n) is 7.24. The Bertz CT molecular complexity index is 977. The zero-order valence-corrected chi connectivity index (χ0v) is 13.2. The number of fused-ring (bicyclic) bond motifs is 3. The molecular weight excluding hydrogens is 312 g/mol. The van der Waals surface area contributed by atoms with Crippen molar-refractivity contribution in [1.29, 1.82) is 0 Å². The second kappa shape index (κ2) is 5.20. The standard InChI is InChI=1S/C16H13N4O2S/c1-10-18-19-15-12(5-6-13(15)9-17-16(19)23-10)7-11-3-2-4-14(8-11)20(21)22/h2-4,7-9H,5-6H2,1H3/q+1/b12-7-. The van der Waals surface area contributed by atoms with Gasteiger partial charge in [0.25, 0.3) is 5.69 Å². The first-order chi connectivity index (χ1) is 11.1. The second-order valence-corrected chi connectivity index (χ2v) is 6.63. The molecule has 2 heterocycles. The van der Waals surface area contributed by atoms with E-state index in [0.717, 1.165) is 39.6 Å². The zero-order chi connectivity index (χ0) is 16.0. The van der Waals surface area contributed by atoms with Gasteiger partial charge < -0.3 is 0 Å². The molecule has 0 N–H and O–H groups in total. The van der Waals surface area contributed by atoms with E-state index in [-0.39, 0.29) is 10.6 Å². The summed E-state index contributed by atoms with van der Waals surface area (Å²) >= 11 is 1.56. The van der Waals surface area contributed by atoms with Crippen molar-refractivity contribution < 1.29 is 9.44 Å². The van der Waals surface area contributed by atoms with E-state index < -0.39 is 0 Å². The minimum Gasteiger partial charge on any atom is -0.258 e. The summed E-state index contributed by atoms with van der Waals surface area (Å²) in [6, 6.07) is 6.70. The summed E-state index contributed by atoms with van der Waals surface area (Å²) in [5.41, 5.74) is 4.33. The van der Waals surface area contributed by atoms with Crippen LogP contribution in [0.1, 0.15) is 28.2 Å². The summed E-state index contributed by atoms with van der Waals surface area (Å²) in [5, 5.41) is 16.4. The van der Waals surface area contributed by atoms with Gasteiger partial charge in [0.1, 0.15) is 11.2 Å². The first kappa shape index (κ1) is 14.0. The van der Waals surface area contributed by atoms with Gasteiger partial charge in [-0.3, -0.25) is 10.1 Å². The smallest absolute Gasteiger partial charge is 0.258 e. The Morgan fingerprint density at radius 2 is 2.26 bits per heavy atom. The van der Waals surface area contributed by atoms with Crippen LogP contribution >= 0.6 is 11.3 Å². The molecule has 1 aliphatic carbocycles. The highest BCUT2D eigenvalue weighted by atomic mass is 32.1. The third kappa shape index (κ3) is 2.39. The van der Waals surface area contributed by atoms with Gasteiger partial charge in [-0.2, -0.15) is 0 Å². The predicted molar refractivity (Wildman–Crippen MR) is 87.1 cm³/mol. The molecule has 0 atom stereocenters. The molecule has 0 spiro atoms. The molecule has 6 nitrogen and oxygen atoms in total. The van der Waals surface area contributed by atoms with Crippen molar-refractivity contribution in [3.8, 4) is 0 Å². The molecule has 0 radical (unpaired) electrons. The maximum Gasteiger partial charge on any atom is 0.410 e. The van der Waals surface area contributed by atoms with Gasteiger partial charge in [-0.15, -0.1) is 0 Å². The van der Waals surface area contributed by atoms with Crippen LogP contribution in [-0.4, -0.2) is 15.0 Å². The summed E-state index contributed by atoms with van der Waals surface area (Å²) < 4.78 is 1.89. The lowest BCUT2D eigenvalue weighted by Crippen LogP contribution is -2.29. The summed E-state index contributed by atoms with van der Waals surface area (Å²) in [4.78, 5) is 15.9. The molecule has 3 aromatic rings. The number of hydrogen-bond donors (Lipinski definition) is 0. The number of aryl methyl sites for hydroxylation is 2. The van der Waals surface area contributed by atoms with Crippen LogP contribution in [0.25, 0.3) is 16.6 Å². The van der Waals surface area contributed by atoms with Crippen LogP contribution in [0.5, 0.6) is 0 Å². The Morgan fingerprint density at radius 1 is 1.39 bits per heavy atom. The topological polar surface area (TPSA) is 73.0 Å². The molecule has 0 unspecified atom stereocenters. The van der Waals surface area contributed by atoms with Gasteiger partial charge in [-0.1, -0.05) is 21.7 Å². The summed E-state index contributed by atoms with van der Waals surface area (Å²) in [6.07, 6.45) is 5.74. The number of nitro groups is 1. The van der Waals surface area contributed by atoms with Crippen LogP contribution in [0.4, 0.5) is 5.69 Å². The summed E-state index contributed by atoms with van der Waals surface area (Å²) in [7, 11) is 0. The van der Waals surface area contributed by atoms with Crippen molar-refractivity contribution >= 4 is 33.6 Å². The van der Waals surface area contributed by atoms with Crippen LogP contribution < -0.4 is 4.52 Å². The molecule has 1 aliphatic rings. The number of non-ortho nitro benzene ring substituents is 1. The van der Waals surface area contributed by atoms with Crippen molar-refractivity contribution in [3.05, 3.63) is 62.4 Å². The maximum absolute atomic E-state index is 10.9. The summed E-state index contributed by atoms with van der Waals surface area (Å²) in [5.74, 6) is 0. The number of hydrogen-bond acceptors (Lipinski definition) is 5. The second-order valence-electron chi connectivity index (χ2n) is 5.47. The SMILES string of the molecule is Cc1n[n+]2c3c(cnc2s1)CC/C3=C/c1cccc([N+](=O)[O-])c1. The van der Waals surface area contributed by atoms with E-state index in [4.69, 9.17) is 0 Å². The highest BCUT2D eigenvalue weighted by Gasteiger charge is 2.28. The normalized spacial score (nSPS) is 15.3. The molecule has 7 heteroatoms. The Morgan fingerprint density at radius 3 is 3.09 bits per heavy atom. The number of rotatable bonds is 2. The fourth-order valence-electron chi connectivity index (χ4n) is 2.92. The molecule has 0 bridgehead atoms. The van der Waals surface area contributed by atoms with Gasteiger partial charge in [0.15, 0.2) is 5.69 Å². The molecular formula is C16H13N4O2S+. The quantitative estimate of drug-likeness (QED) is 0.412. The highest BCUT2D eigenvalue weighted by Crippen LogP contribution is 2.32. The van der Waals surface area contributed by atoms with Crippen LogP contribution in [0.2, 0.25) is 0 Å². The van der Waals surface area contributed by atoms with Gasteiger partial charge in [0.2, 0.25) is 0 Å². The van der Waals surface area contributed by atoms with E-state index in [0.29, 0.717) is 0 Å². The molecule has 114 valence electrons. The number of aromatic nitrogens is 3. The van der Waals surface area contributed by atoms with Crippen LogP contribution in [0, 0.1) is 17.0 Å².